The van der Waals surface area contributed by atoms with E-state index in [0.717, 1.165) is 0 Å². The summed E-state index contributed by atoms with van der Waals surface area (Å²) in [6.45, 7) is 0. The van der Waals surface area contributed by atoms with E-state index >= 15 is 0 Å². The summed E-state index contributed by atoms with van der Waals surface area (Å²) < 4.78 is 0. The van der Waals surface area contributed by atoms with Gasteiger partial charge in [0.15, 0.2) is 0 Å². The molecule has 1 aliphatic heterocycles. The zero-order valence-corrected chi connectivity index (χ0v) is 7.21. The minimum Gasteiger partial charge on any atom is -0.465 e. The van der Waals surface area contributed by atoms with Crippen molar-refractivity contribution in [2.45, 2.75) is 12.3 Å². The highest BCUT2D eigenvalue weighted by Gasteiger charge is 2.44. The molecule has 0 spiro atoms. The van der Waals surface area contributed by atoms with E-state index in [-0.39, 0.29) is 6.42 Å². The Morgan fingerprint density at radius 2 is 2.00 bits per heavy atom. The molecular formula is C9H9NO4. The molecule has 0 unspecified atom stereocenters. The van der Waals surface area contributed by atoms with Gasteiger partial charge in [0.25, 0.3) is 5.91 Å². The fourth-order valence-electron chi connectivity index (χ4n) is 1.66. The molecule has 1 amide bonds. The summed E-state index contributed by atoms with van der Waals surface area (Å²) >= 11 is 0. The number of aliphatic hydroxyl groups is 2. The molecule has 1 aliphatic rings. The van der Waals surface area contributed by atoms with E-state index in [2.05, 4.69) is 0 Å². The first-order chi connectivity index (χ1) is 6.52. The molecule has 0 radical (unpaired) electrons. The summed E-state index contributed by atoms with van der Waals surface area (Å²) in [5.74, 6) is -2.32. The number of hydrogen-bond donors (Lipinski definition) is 3. The summed E-state index contributed by atoms with van der Waals surface area (Å²) in [7, 11) is 0. The standard InChI is InChI=1S/C9H9NO4/c11-8(12)10-7-4-2-1-3-6(7)5-9(10,13)14/h1-4,13-14H,5H2,(H,11,12). The van der Waals surface area contributed by atoms with Crippen LogP contribution in [-0.4, -0.2) is 27.3 Å². The number of carbonyl (C=O) groups is 1. The second-order valence-electron chi connectivity index (χ2n) is 3.20. The van der Waals surface area contributed by atoms with Gasteiger partial charge in [-0.3, -0.25) is 0 Å². The van der Waals surface area contributed by atoms with Gasteiger partial charge >= 0.3 is 6.09 Å². The number of benzene rings is 1. The molecule has 0 aromatic heterocycles. The van der Waals surface area contributed by atoms with Crippen molar-refractivity contribution in [3.63, 3.8) is 0 Å². The van der Waals surface area contributed by atoms with Crippen LogP contribution in [0.5, 0.6) is 0 Å². The summed E-state index contributed by atoms with van der Waals surface area (Å²) in [4.78, 5) is 11.3. The molecule has 0 atom stereocenters. The summed E-state index contributed by atoms with van der Waals surface area (Å²) in [6.07, 6.45) is -1.48. The van der Waals surface area contributed by atoms with E-state index in [9.17, 15) is 15.0 Å². The molecule has 0 aliphatic carbocycles. The Labute approximate surface area is 79.8 Å². The molecule has 1 aromatic carbocycles. The van der Waals surface area contributed by atoms with Crippen LogP contribution >= 0.6 is 0 Å². The molecule has 0 saturated carbocycles. The van der Waals surface area contributed by atoms with Crippen LogP contribution in [0.25, 0.3) is 0 Å². The molecule has 14 heavy (non-hydrogen) atoms. The van der Waals surface area contributed by atoms with Crippen molar-refractivity contribution in [1.82, 2.24) is 0 Å². The van der Waals surface area contributed by atoms with Crippen LogP contribution in [0.4, 0.5) is 10.5 Å². The maximum absolute atomic E-state index is 10.8. The second kappa shape index (κ2) is 2.70. The molecule has 74 valence electrons. The Kier molecular flexibility index (Phi) is 1.73. The lowest BCUT2D eigenvalue weighted by Crippen LogP contribution is -2.49. The van der Waals surface area contributed by atoms with Crippen molar-refractivity contribution < 1.29 is 20.1 Å². The molecule has 5 heteroatoms. The molecule has 2 rings (SSSR count). The van der Waals surface area contributed by atoms with Crippen LogP contribution in [0, 0.1) is 0 Å². The van der Waals surface area contributed by atoms with Gasteiger partial charge in [-0.15, -0.1) is 0 Å². The average molecular weight is 195 g/mol. The Morgan fingerprint density at radius 3 is 2.64 bits per heavy atom. The van der Waals surface area contributed by atoms with Crippen molar-refractivity contribution in [3.8, 4) is 0 Å². The third kappa shape index (κ3) is 1.14. The molecule has 3 N–H and O–H groups in total. The quantitative estimate of drug-likeness (QED) is 0.522. The maximum atomic E-state index is 10.8. The van der Waals surface area contributed by atoms with E-state index in [1.54, 1.807) is 18.2 Å². The number of anilines is 1. The number of hydrogen-bond acceptors (Lipinski definition) is 3. The number of rotatable bonds is 0. The van der Waals surface area contributed by atoms with Gasteiger partial charge in [0.1, 0.15) is 0 Å². The highest BCUT2D eigenvalue weighted by molar-refractivity contribution is 5.90. The van der Waals surface area contributed by atoms with E-state index in [4.69, 9.17) is 5.11 Å². The Balaban J connectivity index is 2.53. The Morgan fingerprint density at radius 1 is 1.36 bits per heavy atom. The van der Waals surface area contributed by atoms with Crippen molar-refractivity contribution in [3.05, 3.63) is 29.8 Å². The Bertz CT molecular complexity index is 388. The molecular weight excluding hydrogens is 186 g/mol. The molecule has 1 aromatic rings. The zero-order valence-electron chi connectivity index (χ0n) is 7.21. The summed E-state index contributed by atoms with van der Waals surface area (Å²) in [6, 6.07) is 6.58. The van der Waals surface area contributed by atoms with Crippen LogP contribution in [0.3, 0.4) is 0 Å². The first-order valence-corrected chi connectivity index (χ1v) is 4.08. The van der Waals surface area contributed by atoms with Gasteiger partial charge in [0.2, 0.25) is 0 Å². The number of fused-ring (bicyclic) bond motifs is 1. The highest BCUT2D eigenvalue weighted by atomic mass is 16.5. The molecule has 0 fully saturated rings. The van der Waals surface area contributed by atoms with Crippen molar-refractivity contribution >= 4 is 11.8 Å². The minimum atomic E-state index is -2.32. The lowest BCUT2D eigenvalue weighted by molar-refractivity contribution is -0.147. The van der Waals surface area contributed by atoms with Crippen molar-refractivity contribution in [1.29, 1.82) is 0 Å². The van der Waals surface area contributed by atoms with E-state index in [1.807, 2.05) is 0 Å². The predicted octanol–water partition coefficient (Wildman–Crippen LogP) is 0.365. The number of para-hydroxylation sites is 1. The van der Waals surface area contributed by atoms with Gasteiger partial charge in [-0.1, -0.05) is 18.2 Å². The smallest absolute Gasteiger partial charge is 0.416 e. The molecule has 0 bridgehead atoms. The number of nitrogens with zero attached hydrogens (tertiary/aromatic N) is 1. The second-order valence-corrected chi connectivity index (χ2v) is 3.20. The first kappa shape index (κ1) is 8.98. The fourth-order valence-corrected chi connectivity index (χ4v) is 1.66. The fraction of sp³-hybridized carbons (Fsp3) is 0.222. The average Bonchev–Trinajstić information content (AvgIpc) is 2.33. The van der Waals surface area contributed by atoms with Gasteiger partial charge in [0, 0.05) is 0 Å². The lowest BCUT2D eigenvalue weighted by atomic mass is 10.1. The Hall–Kier alpha value is -1.59. The highest BCUT2D eigenvalue weighted by Crippen LogP contribution is 2.35. The van der Waals surface area contributed by atoms with Crippen molar-refractivity contribution in [2.75, 3.05) is 4.90 Å². The lowest BCUT2D eigenvalue weighted by Gasteiger charge is -2.25. The number of carboxylic acid groups (broad SMARTS) is 1. The van der Waals surface area contributed by atoms with Gasteiger partial charge in [-0.05, 0) is 11.6 Å². The van der Waals surface area contributed by atoms with E-state index < -0.39 is 12.0 Å². The predicted molar refractivity (Wildman–Crippen MR) is 47.8 cm³/mol. The van der Waals surface area contributed by atoms with Crippen LogP contribution in [0.15, 0.2) is 24.3 Å². The largest absolute Gasteiger partial charge is 0.465 e. The summed E-state index contributed by atoms with van der Waals surface area (Å²) in [5.41, 5.74) is 0.935. The SMILES string of the molecule is O=C(O)N1c2ccccc2CC1(O)O. The maximum Gasteiger partial charge on any atom is 0.416 e. The molecule has 5 nitrogen and oxygen atoms in total. The third-order valence-electron chi connectivity index (χ3n) is 2.21. The van der Waals surface area contributed by atoms with Crippen LogP contribution in [-0.2, 0) is 6.42 Å². The van der Waals surface area contributed by atoms with E-state index in [1.165, 1.54) is 6.07 Å². The minimum absolute atomic E-state index is 0.102. The molecule has 1 heterocycles. The van der Waals surface area contributed by atoms with Crippen LogP contribution in [0.2, 0.25) is 0 Å². The third-order valence-corrected chi connectivity index (χ3v) is 2.21. The van der Waals surface area contributed by atoms with E-state index in [0.29, 0.717) is 16.2 Å². The first-order valence-electron chi connectivity index (χ1n) is 4.08. The van der Waals surface area contributed by atoms with Gasteiger partial charge < -0.3 is 15.3 Å². The molecule has 0 saturated heterocycles. The van der Waals surface area contributed by atoms with Crippen LogP contribution in [0.1, 0.15) is 5.56 Å². The normalized spacial score (nSPS) is 18.0. The number of amides is 1. The monoisotopic (exact) mass is 195 g/mol. The summed E-state index contributed by atoms with van der Waals surface area (Å²) in [5, 5.41) is 27.7. The van der Waals surface area contributed by atoms with Crippen molar-refractivity contribution in [2.24, 2.45) is 0 Å². The van der Waals surface area contributed by atoms with Gasteiger partial charge in [0.05, 0.1) is 12.1 Å². The van der Waals surface area contributed by atoms with Crippen LogP contribution < -0.4 is 4.90 Å². The van der Waals surface area contributed by atoms with Gasteiger partial charge in [-0.25, -0.2) is 9.69 Å². The van der Waals surface area contributed by atoms with Gasteiger partial charge in [-0.2, -0.15) is 0 Å². The zero-order chi connectivity index (χ0) is 10.3. The topological polar surface area (TPSA) is 81.0 Å².